The van der Waals surface area contributed by atoms with Crippen LogP contribution in [0.5, 0.6) is 11.5 Å². The molecular weight excluding hydrogens is 259 g/mol. The Morgan fingerprint density at radius 2 is 2.12 bits per heavy atom. The zero-order chi connectivity index (χ0) is 12.8. The second kappa shape index (κ2) is 6.77. The van der Waals surface area contributed by atoms with E-state index >= 15 is 0 Å². The molecule has 17 heavy (non-hydrogen) atoms. The quantitative estimate of drug-likeness (QED) is 0.742. The molecule has 1 aromatic rings. The number of alkyl halides is 1. The van der Waals surface area contributed by atoms with E-state index in [1.165, 1.54) is 0 Å². The molecule has 0 aliphatic rings. The Labute approximate surface area is 112 Å². The maximum absolute atomic E-state index is 6.13. The normalized spacial score (nSPS) is 11.5. The number of ether oxygens (including phenoxy) is 2. The van der Waals surface area contributed by atoms with Crippen molar-refractivity contribution in [2.45, 2.75) is 13.8 Å². The molecule has 0 unspecified atom stereocenters. The number of methoxy groups -OCH3 is 1. The van der Waals surface area contributed by atoms with Crippen LogP contribution >= 0.6 is 23.2 Å². The predicted octanol–water partition coefficient (Wildman–Crippen LogP) is 4.39. The largest absolute Gasteiger partial charge is 0.491 e. The highest BCUT2D eigenvalue weighted by molar-refractivity contribution is 6.32. The van der Waals surface area contributed by atoms with Crippen molar-refractivity contribution in [3.8, 4) is 11.5 Å². The van der Waals surface area contributed by atoms with Crippen molar-refractivity contribution >= 4 is 29.3 Å². The van der Waals surface area contributed by atoms with Gasteiger partial charge < -0.3 is 9.47 Å². The number of benzene rings is 1. The highest BCUT2D eigenvalue weighted by Gasteiger charge is 2.10. The van der Waals surface area contributed by atoms with E-state index in [9.17, 15) is 0 Å². The van der Waals surface area contributed by atoms with Gasteiger partial charge in [-0.25, -0.2) is 0 Å². The summed E-state index contributed by atoms with van der Waals surface area (Å²) in [5.74, 6) is 1.71. The highest BCUT2D eigenvalue weighted by atomic mass is 35.5. The molecule has 4 heteroatoms. The Kier molecular flexibility index (Phi) is 5.66. The van der Waals surface area contributed by atoms with Gasteiger partial charge in [0.25, 0.3) is 0 Å². The molecule has 0 spiro atoms. The molecule has 1 aromatic carbocycles. The van der Waals surface area contributed by atoms with Gasteiger partial charge in [0.15, 0.2) is 11.5 Å². The SMILES string of the molecule is CCOc1cc(C=C(C)CCl)cc(Cl)c1OC. The summed E-state index contributed by atoms with van der Waals surface area (Å²) in [5, 5.41) is 0.534. The average molecular weight is 275 g/mol. The molecule has 0 aliphatic heterocycles. The number of rotatable bonds is 5. The van der Waals surface area contributed by atoms with Gasteiger partial charge in [0, 0.05) is 5.88 Å². The van der Waals surface area contributed by atoms with E-state index < -0.39 is 0 Å². The first-order chi connectivity index (χ1) is 8.12. The van der Waals surface area contributed by atoms with Gasteiger partial charge in [0.2, 0.25) is 0 Å². The van der Waals surface area contributed by atoms with Crippen LogP contribution in [0.25, 0.3) is 6.08 Å². The third-order valence-corrected chi connectivity index (χ3v) is 2.86. The molecule has 2 nitrogen and oxygen atoms in total. The topological polar surface area (TPSA) is 18.5 Å². The van der Waals surface area contributed by atoms with Crippen molar-refractivity contribution in [2.24, 2.45) is 0 Å². The van der Waals surface area contributed by atoms with E-state index in [0.29, 0.717) is 29.0 Å². The molecule has 0 bridgehead atoms. The van der Waals surface area contributed by atoms with E-state index in [0.717, 1.165) is 11.1 Å². The highest BCUT2D eigenvalue weighted by Crippen LogP contribution is 2.36. The predicted molar refractivity (Wildman–Crippen MR) is 73.5 cm³/mol. The van der Waals surface area contributed by atoms with E-state index in [4.69, 9.17) is 32.7 Å². The van der Waals surface area contributed by atoms with Crippen molar-refractivity contribution in [1.29, 1.82) is 0 Å². The summed E-state index contributed by atoms with van der Waals surface area (Å²) >= 11 is 11.9. The van der Waals surface area contributed by atoms with Crippen LogP contribution in [0.3, 0.4) is 0 Å². The molecule has 0 saturated heterocycles. The minimum Gasteiger partial charge on any atom is -0.491 e. The van der Waals surface area contributed by atoms with Crippen LogP contribution in [0.2, 0.25) is 5.02 Å². The zero-order valence-corrected chi connectivity index (χ0v) is 11.7. The van der Waals surface area contributed by atoms with E-state index in [1.807, 2.05) is 32.1 Å². The molecule has 0 amide bonds. The molecule has 1 rings (SSSR count). The average Bonchev–Trinajstić information content (AvgIpc) is 2.29. The fraction of sp³-hybridized carbons (Fsp3) is 0.385. The summed E-state index contributed by atoms with van der Waals surface area (Å²) in [6, 6.07) is 3.73. The lowest BCUT2D eigenvalue weighted by atomic mass is 10.1. The summed E-state index contributed by atoms with van der Waals surface area (Å²) in [5.41, 5.74) is 2.02. The Morgan fingerprint density at radius 1 is 1.41 bits per heavy atom. The van der Waals surface area contributed by atoms with Crippen LogP contribution in [0, 0.1) is 0 Å². The summed E-state index contributed by atoms with van der Waals surface area (Å²) in [6.45, 7) is 4.44. The standard InChI is InChI=1S/C13H16Cl2O2/c1-4-17-12-7-10(5-9(2)8-14)6-11(15)13(12)16-3/h5-7H,4,8H2,1-3H3. The third-order valence-electron chi connectivity index (χ3n) is 2.16. The molecule has 0 atom stereocenters. The second-order valence-corrected chi connectivity index (χ2v) is 4.27. The Bertz CT molecular complexity index is 414. The van der Waals surface area contributed by atoms with Crippen LogP contribution in [-0.2, 0) is 0 Å². The zero-order valence-electron chi connectivity index (χ0n) is 10.2. The molecule has 0 aromatic heterocycles. The first-order valence-electron chi connectivity index (χ1n) is 5.35. The summed E-state index contributed by atoms with van der Waals surface area (Å²) < 4.78 is 10.7. The number of allylic oxidation sites excluding steroid dienone is 1. The molecule has 0 aliphatic carbocycles. The summed E-state index contributed by atoms with van der Waals surface area (Å²) in [6.07, 6.45) is 1.97. The van der Waals surface area contributed by atoms with Crippen LogP contribution < -0.4 is 9.47 Å². The molecule has 94 valence electrons. The van der Waals surface area contributed by atoms with Gasteiger partial charge in [-0.1, -0.05) is 23.3 Å². The number of hydrogen-bond donors (Lipinski definition) is 0. The van der Waals surface area contributed by atoms with Crippen molar-refractivity contribution in [2.75, 3.05) is 19.6 Å². The van der Waals surface area contributed by atoms with Gasteiger partial charge in [-0.2, -0.15) is 0 Å². The minimum absolute atomic E-state index is 0.494. The fourth-order valence-corrected chi connectivity index (χ4v) is 1.83. The van der Waals surface area contributed by atoms with Crippen molar-refractivity contribution < 1.29 is 9.47 Å². The van der Waals surface area contributed by atoms with Crippen LogP contribution in [-0.4, -0.2) is 19.6 Å². The third kappa shape index (κ3) is 3.83. The first-order valence-corrected chi connectivity index (χ1v) is 6.27. The van der Waals surface area contributed by atoms with Crippen LogP contribution in [0.4, 0.5) is 0 Å². The molecular formula is C13H16Cl2O2. The molecule has 0 N–H and O–H groups in total. The minimum atomic E-state index is 0.494. The van der Waals surface area contributed by atoms with Gasteiger partial charge in [0.1, 0.15) is 0 Å². The van der Waals surface area contributed by atoms with E-state index in [-0.39, 0.29) is 0 Å². The lowest BCUT2D eigenvalue weighted by Crippen LogP contribution is -1.96. The second-order valence-electron chi connectivity index (χ2n) is 3.59. The van der Waals surface area contributed by atoms with E-state index in [2.05, 4.69) is 0 Å². The monoisotopic (exact) mass is 274 g/mol. The van der Waals surface area contributed by atoms with Crippen molar-refractivity contribution in [1.82, 2.24) is 0 Å². The van der Waals surface area contributed by atoms with Crippen LogP contribution in [0.1, 0.15) is 19.4 Å². The Morgan fingerprint density at radius 3 is 2.65 bits per heavy atom. The lowest BCUT2D eigenvalue weighted by Gasteiger charge is -2.12. The molecule has 0 fully saturated rings. The summed E-state index contributed by atoms with van der Waals surface area (Å²) in [7, 11) is 1.57. The maximum Gasteiger partial charge on any atom is 0.179 e. The van der Waals surface area contributed by atoms with Gasteiger partial charge in [0.05, 0.1) is 18.7 Å². The molecule has 0 heterocycles. The smallest absolute Gasteiger partial charge is 0.179 e. The molecule has 0 radical (unpaired) electrons. The van der Waals surface area contributed by atoms with Gasteiger partial charge in [-0.3, -0.25) is 0 Å². The number of halogens is 2. The first kappa shape index (κ1) is 14.2. The van der Waals surface area contributed by atoms with Crippen LogP contribution in [0.15, 0.2) is 17.7 Å². The van der Waals surface area contributed by atoms with Gasteiger partial charge >= 0.3 is 0 Å². The Balaban J connectivity index is 3.19. The summed E-state index contributed by atoms with van der Waals surface area (Å²) in [4.78, 5) is 0. The van der Waals surface area contributed by atoms with Gasteiger partial charge in [-0.05, 0) is 31.5 Å². The Hall–Kier alpha value is -0.860. The lowest BCUT2D eigenvalue weighted by molar-refractivity contribution is 0.311. The van der Waals surface area contributed by atoms with Gasteiger partial charge in [-0.15, -0.1) is 11.6 Å². The number of hydrogen-bond acceptors (Lipinski definition) is 2. The van der Waals surface area contributed by atoms with Crippen molar-refractivity contribution in [3.05, 3.63) is 28.3 Å². The van der Waals surface area contributed by atoms with Crippen molar-refractivity contribution in [3.63, 3.8) is 0 Å². The van der Waals surface area contributed by atoms with E-state index in [1.54, 1.807) is 7.11 Å². The fourth-order valence-electron chi connectivity index (χ4n) is 1.46. The molecule has 0 saturated carbocycles. The maximum atomic E-state index is 6.13.